The lowest BCUT2D eigenvalue weighted by atomic mass is 10.1. The molecule has 0 radical (unpaired) electrons. The Hall–Kier alpha value is -3.92. The number of nitrogens with zero attached hydrogens (tertiary/aromatic N) is 2. The minimum absolute atomic E-state index is 0.0824. The van der Waals surface area contributed by atoms with Crippen molar-refractivity contribution in [1.29, 1.82) is 0 Å². The summed E-state index contributed by atoms with van der Waals surface area (Å²) in [6.07, 6.45) is 3.14. The smallest absolute Gasteiger partial charge is 0.125 e. The molecule has 2 N–H and O–H groups in total. The molecule has 3 aromatic carbocycles. The van der Waals surface area contributed by atoms with Crippen LogP contribution < -0.4 is 0 Å². The van der Waals surface area contributed by atoms with E-state index < -0.39 is 0 Å². The first-order chi connectivity index (χ1) is 13.7. The number of fused-ring (bicyclic) bond motifs is 1. The lowest BCUT2D eigenvalue weighted by molar-refractivity contribution is 0.514. The molecule has 4 aromatic rings. The zero-order valence-electron chi connectivity index (χ0n) is 15.0. The van der Waals surface area contributed by atoms with Gasteiger partial charge in [-0.05, 0) is 12.1 Å². The van der Waals surface area contributed by atoms with Gasteiger partial charge in [-0.25, -0.2) is 9.97 Å². The van der Waals surface area contributed by atoms with Gasteiger partial charge in [-0.3, -0.25) is 0 Å². The second-order valence-corrected chi connectivity index (χ2v) is 6.27. The number of aliphatic hydroxyl groups is 2. The molecule has 0 saturated heterocycles. The van der Waals surface area contributed by atoms with Gasteiger partial charge < -0.3 is 10.2 Å². The van der Waals surface area contributed by atoms with Gasteiger partial charge in [-0.15, -0.1) is 0 Å². The number of para-hydroxylation sites is 2. The quantitative estimate of drug-likeness (QED) is 0.452. The number of benzene rings is 3. The van der Waals surface area contributed by atoms with Crippen molar-refractivity contribution in [1.82, 2.24) is 9.97 Å². The Morgan fingerprint density at radius 1 is 0.536 bits per heavy atom. The van der Waals surface area contributed by atoms with E-state index in [2.05, 4.69) is 9.97 Å². The van der Waals surface area contributed by atoms with Gasteiger partial charge in [0.2, 0.25) is 0 Å². The van der Waals surface area contributed by atoms with E-state index >= 15 is 0 Å². The number of aliphatic hydroxyl groups excluding tert-OH is 2. The van der Waals surface area contributed by atoms with Gasteiger partial charge in [-0.2, -0.15) is 0 Å². The number of hydrogen-bond donors (Lipinski definition) is 2. The average molecular weight is 366 g/mol. The van der Waals surface area contributed by atoms with Crippen LogP contribution in [-0.2, 0) is 0 Å². The van der Waals surface area contributed by atoms with E-state index in [9.17, 15) is 10.2 Å². The Labute approximate surface area is 162 Å². The van der Waals surface area contributed by atoms with E-state index in [1.165, 1.54) is 0 Å². The highest BCUT2D eigenvalue weighted by Gasteiger charge is 2.09. The molecule has 4 nitrogen and oxygen atoms in total. The summed E-state index contributed by atoms with van der Waals surface area (Å²) in [5.74, 6) is 0.165. The molecule has 136 valence electrons. The van der Waals surface area contributed by atoms with Crippen molar-refractivity contribution >= 4 is 34.7 Å². The van der Waals surface area contributed by atoms with Crippen molar-refractivity contribution in [3.8, 4) is 0 Å². The van der Waals surface area contributed by atoms with Gasteiger partial charge in [-0.1, -0.05) is 72.8 Å². The molecule has 0 fully saturated rings. The van der Waals surface area contributed by atoms with Crippen LogP contribution >= 0.6 is 0 Å². The number of aromatic nitrogens is 2. The second kappa shape index (κ2) is 7.76. The number of rotatable bonds is 4. The highest BCUT2D eigenvalue weighted by atomic mass is 16.3. The molecule has 0 aliphatic heterocycles. The van der Waals surface area contributed by atoms with E-state index in [0.29, 0.717) is 33.5 Å². The fourth-order valence-electron chi connectivity index (χ4n) is 2.88. The predicted molar refractivity (Wildman–Crippen MR) is 113 cm³/mol. The third-order valence-electron chi connectivity index (χ3n) is 4.31. The average Bonchev–Trinajstić information content (AvgIpc) is 2.75. The molecule has 0 atom stereocenters. The maximum absolute atomic E-state index is 10.5. The van der Waals surface area contributed by atoms with Crippen molar-refractivity contribution in [2.24, 2.45) is 0 Å². The first kappa shape index (κ1) is 17.5. The Bertz CT molecular complexity index is 1070. The standard InChI is InChI=1S/C24H18N2O2/c27-23(17-9-3-1-4-10-17)15-21-22(16-24(28)18-11-5-2-6-12-18)26-20-14-8-7-13-19(20)25-21/h1-16,27-28H/b23-15+,24-16+. The van der Waals surface area contributed by atoms with Crippen LogP contribution in [0.2, 0.25) is 0 Å². The van der Waals surface area contributed by atoms with Crippen LogP contribution in [0.4, 0.5) is 0 Å². The van der Waals surface area contributed by atoms with E-state index in [0.717, 1.165) is 0 Å². The van der Waals surface area contributed by atoms with Gasteiger partial charge in [0, 0.05) is 23.3 Å². The SMILES string of the molecule is O/C(=C/c1nc2ccccc2nc1/C=C(/O)c1ccccc1)c1ccccc1. The van der Waals surface area contributed by atoms with Crippen molar-refractivity contribution in [3.05, 3.63) is 107 Å². The molecule has 4 rings (SSSR count). The third kappa shape index (κ3) is 3.76. The Morgan fingerprint density at radius 3 is 1.29 bits per heavy atom. The molecule has 0 unspecified atom stereocenters. The van der Waals surface area contributed by atoms with Crippen LogP contribution in [0.15, 0.2) is 84.9 Å². The summed E-state index contributed by atoms with van der Waals surface area (Å²) in [4.78, 5) is 9.27. The normalized spacial score (nSPS) is 12.3. The third-order valence-corrected chi connectivity index (χ3v) is 4.31. The van der Waals surface area contributed by atoms with Crippen LogP contribution in [0.3, 0.4) is 0 Å². The summed E-state index contributed by atoms with van der Waals surface area (Å²) >= 11 is 0. The lowest BCUT2D eigenvalue weighted by Gasteiger charge is -2.07. The van der Waals surface area contributed by atoms with Crippen LogP contribution in [-0.4, -0.2) is 20.2 Å². The summed E-state index contributed by atoms with van der Waals surface area (Å²) in [5, 5.41) is 21.1. The maximum Gasteiger partial charge on any atom is 0.125 e. The molecule has 4 heteroatoms. The first-order valence-electron chi connectivity index (χ1n) is 8.90. The minimum atomic E-state index is 0.0824. The van der Waals surface area contributed by atoms with Crippen LogP contribution in [0.5, 0.6) is 0 Å². The summed E-state index contributed by atoms with van der Waals surface area (Å²) in [7, 11) is 0. The fourth-order valence-corrected chi connectivity index (χ4v) is 2.88. The van der Waals surface area contributed by atoms with Gasteiger partial charge >= 0.3 is 0 Å². The van der Waals surface area contributed by atoms with Gasteiger partial charge in [0.1, 0.15) is 11.5 Å². The summed E-state index contributed by atoms with van der Waals surface area (Å²) in [5.41, 5.74) is 3.74. The first-order valence-corrected chi connectivity index (χ1v) is 8.90. The van der Waals surface area contributed by atoms with E-state index in [1.807, 2.05) is 84.9 Å². The highest BCUT2D eigenvalue weighted by Crippen LogP contribution is 2.22. The minimum Gasteiger partial charge on any atom is -0.507 e. The van der Waals surface area contributed by atoms with Gasteiger partial charge in [0.15, 0.2) is 0 Å². The van der Waals surface area contributed by atoms with Gasteiger partial charge in [0.05, 0.1) is 22.4 Å². The molecule has 0 spiro atoms. The van der Waals surface area contributed by atoms with E-state index in [4.69, 9.17) is 0 Å². The zero-order chi connectivity index (χ0) is 19.3. The molecule has 1 heterocycles. The Balaban J connectivity index is 1.86. The molecule has 0 aliphatic rings. The van der Waals surface area contributed by atoms with Crippen molar-refractivity contribution < 1.29 is 10.2 Å². The zero-order valence-corrected chi connectivity index (χ0v) is 15.0. The summed E-state index contributed by atoms with van der Waals surface area (Å²) in [6, 6.07) is 26.0. The molecule has 1 aromatic heterocycles. The maximum atomic E-state index is 10.5. The van der Waals surface area contributed by atoms with Crippen molar-refractivity contribution in [2.75, 3.05) is 0 Å². The Morgan fingerprint density at radius 2 is 0.893 bits per heavy atom. The molecule has 28 heavy (non-hydrogen) atoms. The topological polar surface area (TPSA) is 66.2 Å². The van der Waals surface area contributed by atoms with Crippen molar-refractivity contribution in [2.45, 2.75) is 0 Å². The summed E-state index contributed by atoms with van der Waals surface area (Å²) < 4.78 is 0. The van der Waals surface area contributed by atoms with Crippen molar-refractivity contribution in [3.63, 3.8) is 0 Å². The monoisotopic (exact) mass is 366 g/mol. The molecule has 0 aliphatic carbocycles. The van der Waals surface area contributed by atoms with E-state index in [-0.39, 0.29) is 11.5 Å². The fraction of sp³-hybridized carbons (Fsp3) is 0. The lowest BCUT2D eigenvalue weighted by Crippen LogP contribution is -1.96. The second-order valence-electron chi connectivity index (χ2n) is 6.27. The van der Waals surface area contributed by atoms with Crippen LogP contribution in [0.1, 0.15) is 22.5 Å². The molecule has 0 saturated carbocycles. The van der Waals surface area contributed by atoms with E-state index in [1.54, 1.807) is 12.2 Å². The summed E-state index contributed by atoms with van der Waals surface area (Å²) in [6.45, 7) is 0. The Kier molecular flexibility index (Phi) is 4.85. The number of hydrogen-bond acceptors (Lipinski definition) is 4. The molecule has 0 amide bonds. The van der Waals surface area contributed by atoms with Crippen LogP contribution in [0, 0.1) is 0 Å². The molecule has 0 bridgehead atoms. The van der Waals surface area contributed by atoms with Gasteiger partial charge in [0.25, 0.3) is 0 Å². The molecular formula is C24H18N2O2. The predicted octanol–water partition coefficient (Wildman–Crippen LogP) is 5.74. The largest absolute Gasteiger partial charge is 0.507 e. The molecular weight excluding hydrogens is 348 g/mol. The van der Waals surface area contributed by atoms with Crippen LogP contribution in [0.25, 0.3) is 34.7 Å². The highest BCUT2D eigenvalue weighted by molar-refractivity contribution is 5.86.